The van der Waals surface area contributed by atoms with Crippen molar-refractivity contribution in [3.63, 3.8) is 0 Å². The maximum atomic E-state index is 11.7. The summed E-state index contributed by atoms with van der Waals surface area (Å²) in [4.78, 5) is 11.7. The van der Waals surface area contributed by atoms with Gasteiger partial charge in [-0.1, -0.05) is 39.5 Å². The summed E-state index contributed by atoms with van der Waals surface area (Å²) >= 11 is 0. The third-order valence-corrected chi connectivity index (χ3v) is 5.96. The maximum Gasteiger partial charge on any atom is 0.221 e. The van der Waals surface area contributed by atoms with Crippen molar-refractivity contribution < 1.29 is 13.2 Å². The topological polar surface area (TPSA) is 75.3 Å². The van der Waals surface area contributed by atoms with Crippen molar-refractivity contribution in [2.45, 2.75) is 64.8 Å². The Bertz CT molecular complexity index is 419. The van der Waals surface area contributed by atoms with Crippen LogP contribution in [-0.4, -0.2) is 45.0 Å². The minimum Gasteiger partial charge on any atom is -0.355 e. The summed E-state index contributed by atoms with van der Waals surface area (Å²) in [6.07, 6.45) is 7.76. The fraction of sp³-hybridized carbons (Fsp3) is 0.938. The fourth-order valence-electron chi connectivity index (χ4n) is 2.89. The van der Waals surface area contributed by atoms with Crippen LogP contribution < -0.4 is 10.6 Å². The second kappa shape index (κ2) is 12.1. The van der Waals surface area contributed by atoms with Gasteiger partial charge in [-0.15, -0.1) is 12.4 Å². The SMILES string of the molecule is CC(C)CS(=O)(=O)CCC(=O)NCCNC1CCCCCC1.Cl. The van der Waals surface area contributed by atoms with Crippen LogP contribution in [0.3, 0.4) is 0 Å². The van der Waals surface area contributed by atoms with Crippen LogP contribution in [0.1, 0.15) is 58.8 Å². The quantitative estimate of drug-likeness (QED) is 0.483. The predicted molar refractivity (Wildman–Crippen MR) is 97.9 cm³/mol. The number of sulfone groups is 1. The molecule has 0 atom stereocenters. The van der Waals surface area contributed by atoms with Crippen LogP contribution in [0.25, 0.3) is 0 Å². The van der Waals surface area contributed by atoms with Crippen molar-refractivity contribution in [3.8, 4) is 0 Å². The molecule has 5 nitrogen and oxygen atoms in total. The van der Waals surface area contributed by atoms with E-state index >= 15 is 0 Å². The van der Waals surface area contributed by atoms with Gasteiger partial charge >= 0.3 is 0 Å². The molecule has 0 bridgehead atoms. The Morgan fingerprint density at radius 1 is 1.09 bits per heavy atom. The molecule has 138 valence electrons. The molecule has 7 heteroatoms. The van der Waals surface area contributed by atoms with Gasteiger partial charge < -0.3 is 10.6 Å². The summed E-state index contributed by atoms with van der Waals surface area (Å²) < 4.78 is 23.4. The van der Waals surface area contributed by atoms with Crippen LogP contribution in [0.5, 0.6) is 0 Å². The molecule has 23 heavy (non-hydrogen) atoms. The number of hydrogen-bond donors (Lipinski definition) is 2. The molecule has 0 aromatic carbocycles. The lowest BCUT2D eigenvalue weighted by molar-refractivity contribution is -0.120. The fourth-order valence-corrected chi connectivity index (χ4v) is 4.57. The Morgan fingerprint density at radius 2 is 1.70 bits per heavy atom. The second-order valence-electron chi connectivity index (χ2n) is 6.75. The molecule has 2 N–H and O–H groups in total. The number of rotatable bonds is 9. The van der Waals surface area contributed by atoms with Gasteiger partial charge in [-0.25, -0.2) is 8.42 Å². The van der Waals surface area contributed by atoms with Crippen LogP contribution >= 0.6 is 12.4 Å². The van der Waals surface area contributed by atoms with E-state index < -0.39 is 9.84 Å². The molecule has 1 amide bonds. The van der Waals surface area contributed by atoms with E-state index in [1.165, 1.54) is 38.5 Å². The Labute approximate surface area is 147 Å². The Hall–Kier alpha value is -0.330. The van der Waals surface area contributed by atoms with Gasteiger partial charge in [0.05, 0.1) is 11.5 Å². The number of amides is 1. The minimum atomic E-state index is -3.10. The molecule has 0 unspecified atom stereocenters. The first kappa shape index (κ1) is 22.7. The predicted octanol–water partition coefficient (Wildman–Crippen LogP) is 2.30. The third kappa shape index (κ3) is 11.8. The highest BCUT2D eigenvalue weighted by atomic mass is 35.5. The highest BCUT2D eigenvalue weighted by Crippen LogP contribution is 2.16. The monoisotopic (exact) mass is 368 g/mol. The van der Waals surface area contributed by atoms with Gasteiger partial charge in [-0.05, 0) is 18.8 Å². The van der Waals surface area contributed by atoms with Crippen molar-refractivity contribution in [2.24, 2.45) is 5.92 Å². The molecule has 1 aliphatic carbocycles. The molecule has 1 rings (SSSR count). The molecule has 1 saturated carbocycles. The standard InChI is InChI=1S/C16H32N2O3S.ClH/c1-14(2)13-22(20,21)12-9-16(19)18-11-10-17-15-7-5-3-4-6-8-15;/h14-15,17H,3-13H2,1-2H3,(H,18,19);1H. The summed E-state index contributed by atoms with van der Waals surface area (Å²) in [7, 11) is -3.10. The van der Waals surface area contributed by atoms with Gasteiger partial charge in [-0.3, -0.25) is 4.79 Å². The van der Waals surface area contributed by atoms with Crippen LogP contribution in [-0.2, 0) is 14.6 Å². The molecular formula is C16H33ClN2O3S. The summed E-state index contributed by atoms with van der Waals surface area (Å²) in [6.45, 7) is 5.07. The zero-order valence-electron chi connectivity index (χ0n) is 14.5. The maximum absolute atomic E-state index is 11.7. The average Bonchev–Trinajstić information content (AvgIpc) is 2.69. The highest BCUT2D eigenvalue weighted by Gasteiger charge is 2.15. The average molecular weight is 369 g/mol. The minimum absolute atomic E-state index is 0. The number of hydrogen-bond acceptors (Lipinski definition) is 4. The van der Waals surface area contributed by atoms with Crippen LogP contribution in [0.15, 0.2) is 0 Å². The zero-order valence-corrected chi connectivity index (χ0v) is 16.1. The molecule has 0 spiro atoms. The lowest BCUT2D eigenvalue weighted by atomic mass is 10.1. The first-order chi connectivity index (χ1) is 10.4. The summed E-state index contributed by atoms with van der Waals surface area (Å²) in [5.41, 5.74) is 0. The van der Waals surface area contributed by atoms with Gasteiger partial charge in [0.2, 0.25) is 5.91 Å². The molecular weight excluding hydrogens is 336 g/mol. The van der Waals surface area contributed by atoms with Crippen molar-refractivity contribution in [1.82, 2.24) is 10.6 Å². The number of carbonyl (C=O) groups excluding carboxylic acids is 1. The first-order valence-corrected chi connectivity index (χ1v) is 10.4. The van der Waals surface area contributed by atoms with Gasteiger partial charge in [0.25, 0.3) is 0 Å². The van der Waals surface area contributed by atoms with E-state index in [-0.39, 0.29) is 42.2 Å². The largest absolute Gasteiger partial charge is 0.355 e. The normalized spacial score (nSPS) is 16.7. The van der Waals surface area contributed by atoms with E-state index in [9.17, 15) is 13.2 Å². The van der Waals surface area contributed by atoms with Crippen LogP contribution in [0.2, 0.25) is 0 Å². The summed E-state index contributed by atoms with van der Waals surface area (Å²) in [6, 6.07) is 0.575. The van der Waals surface area contributed by atoms with Gasteiger partial charge in [0, 0.05) is 25.6 Å². The Balaban J connectivity index is 0.00000484. The third-order valence-electron chi connectivity index (χ3n) is 3.96. The second-order valence-corrected chi connectivity index (χ2v) is 8.98. The van der Waals surface area contributed by atoms with Gasteiger partial charge in [-0.2, -0.15) is 0 Å². The van der Waals surface area contributed by atoms with Crippen LogP contribution in [0, 0.1) is 5.92 Å². The summed E-state index contributed by atoms with van der Waals surface area (Å²) in [5.74, 6) is 0.0446. The van der Waals surface area contributed by atoms with E-state index in [1.807, 2.05) is 13.8 Å². The number of halogens is 1. The Kier molecular flexibility index (Phi) is 11.9. The molecule has 0 saturated heterocycles. The van der Waals surface area contributed by atoms with E-state index in [1.54, 1.807) is 0 Å². The van der Waals surface area contributed by atoms with Crippen molar-refractivity contribution in [2.75, 3.05) is 24.6 Å². The van der Waals surface area contributed by atoms with E-state index in [2.05, 4.69) is 10.6 Å². The number of nitrogens with one attached hydrogen (secondary N) is 2. The van der Waals surface area contributed by atoms with Crippen molar-refractivity contribution in [3.05, 3.63) is 0 Å². The number of carbonyl (C=O) groups is 1. The zero-order chi connectivity index (χ0) is 16.4. The molecule has 0 heterocycles. The van der Waals surface area contributed by atoms with E-state index in [4.69, 9.17) is 0 Å². The van der Waals surface area contributed by atoms with Crippen molar-refractivity contribution >= 4 is 28.2 Å². The smallest absolute Gasteiger partial charge is 0.221 e. The van der Waals surface area contributed by atoms with Gasteiger partial charge in [0.1, 0.15) is 0 Å². The van der Waals surface area contributed by atoms with E-state index in [0.29, 0.717) is 12.6 Å². The van der Waals surface area contributed by atoms with Crippen LogP contribution in [0.4, 0.5) is 0 Å². The molecule has 0 radical (unpaired) electrons. The molecule has 0 aromatic rings. The summed E-state index contributed by atoms with van der Waals surface area (Å²) in [5, 5.41) is 6.28. The van der Waals surface area contributed by atoms with E-state index in [0.717, 1.165) is 6.54 Å². The van der Waals surface area contributed by atoms with Crippen molar-refractivity contribution in [1.29, 1.82) is 0 Å². The van der Waals surface area contributed by atoms with Gasteiger partial charge in [0.15, 0.2) is 9.84 Å². The highest BCUT2D eigenvalue weighted by molar-refractivity contribution is 7.91. The Morgan fingerprint density at radius 3 is 2.26 bits per heavy atom. The lowest BCUT2D eigenvalue weighted by Crippen LogP contribution is -2.37. The first-order valence-electron chi connectivity index (χ1n) is 8.59. The molecule has 1 fully saturated rings. The lowest BCUT2D eigenvalue weighted by Gasteiger charge is -2.16. The molecule has 1 aliphatic rings. The molecule has 0 aliphatic heterocycles. The molecule has 0 aromatic heterocycles.